The second-order valence-corrected chi connectivity index (χ2v) is 9.25. The van der Waals surface area contributed by atoms with Gasteiger partial charge in [0.2, 0.25) is 0 Å². The highest BCUT2D eigenvalue weighted by atomic mass is 16.5. The zero-order valence-corrected chi connectivity index (χ0v) is 20.1. The van der Waals surface area contributed by atoms with E-state index in [4.69, 9.17) is 4.74 Å². The molecule has 3 nitrogen and oxygen atoms in total. The number of hydrogen-bond donors (Lipinski definition) is 0. The predicted octanol–water partition coefficient (Wildman–Crippen LogP) is 6.25. The van der Waals surface area contributed by atoms with E-state index >= 15 is 0 Å². The summed E-state index contributed by atoms with van der Waals surface area (Å²) in [4.78, 5) is 2.57. The molecule has 1 fully saturated rings. The Morgan fingerprint density at radius 1 is 1.18 bits per heavy atom. The van der Waals surface area contributed by atoms with Crippen molar-refractivity contribution in [3.63, 3.8) is 0 Å². The van der Waals surface area contributed by atoms with E-state index in [1.807, 2.05) is 6.07 Å². The highest BCUT2D eigenvalue weighted by Crippen LogP contribution is 2.44. The van der Waals surface area contributed by atoms with Crippen LogP contribution >= 0.6 is 0 Å². The lowest BCUT2D eigenvalue weighted by molar-refractivity contribution is 0.161. The maximum atomic E-state index is 10.6. The molecule has 33 heavy (non-hydrogen) atoms. The van der Waals surface area contributed by atoms with Gasteiger partial charge in [-0.15, -0.1) is 0 Å². The molecule has 0 aliphatic carbocycles. The molecule has 172 valence electrons. The molecule has 1 saturated heterocycles. The summed E-state index contributed by atoms with van der Waals surface area (Å²) in [6, 6.07) is 19.9. The van der Waals surface area contributed by atoms with Crippen molar-refractivity contribution in [3.8, 4) is 11.8 Å². The van der Waals surface area contributed by atoms with E-state index in [1.54, 1.807) is 0 Å². The smallest absolute Gasteiger partial charge is 0.122 e. The van der Waals surface area contributed by atoms with Crippen LogP contribution in [-0.2, 0) is 18.3 Å². The second-order valence-electron chi connectivity index (χ2n) is 9.25. The molecule has 1 unspecified atom stereocenters. The summed E-state index contributed by atoms with van der Waals surface area (Å²) in [7, 11) is 0. The molecule has 2 heterocycles. The summed E-state index contributed by atoms with van der Waals surface area (Å²) >= 11 is 0. The monoisotopic (exact) mass is 440 g/mol. The Morgan fingerprint density at radius 3 is 2.67 bits per heavy atom. The quantitative estimate of drug-likeness (QED) is 0.455. The van der Waals surface area contributed by atoms with E-state index in [0.717, 1.165) is 75.2 Å². The van der Waals surface area contributed by atoms with Gasteiger partial charge in [0.05, 0.1) is 12.7 Å². The standard InChI is InChI=1S/C30H36N2O/c1-3-5-9-26(4-2)30(23-31,27-10-7-6-8-11-27)28-15-19-32(20-16-28)18-14-24-12-13-29-25(22-24)17-21-33-29/h4-13,22,28H,3,14-21H2,1-2H3/b9-5-,26-4+. The topological polar surface area (TPSA) is 36.3 Å². The van der Waals surface area contributed by atoms with E-state index in [2.05, 4.69) is 85.5 Å². The van der Waals surface area contributed by atoms with Crippen LogP contribution in [-0.4, -0.2) is 31.1 Å². The van der Waals surface area contributed by atoms with Gasteiger partial charge < -0.3 is 9.64 Å². The Labute approximate surface area is 199 Å². The van der Waals surface area contributed by atoms with Gasteiger partial charge in [-0.25, -0.2) is 0 Å². The summed E-state index contributed by atoms with van der Waals surface area (Å²) < 4.78 is 5.65. The van der Waals surface area contributed by atoms with Crippen LogP contribution in [0.4, 0.5) is 0 Å². The molecule has 0 radical (unpaired) electrons. The third kappa shape index (κ3) is 4.92. The summed E-state index contributed by atoms with van der Waals surface area (Å²) in [5.74, 6) is 1.37. The number of hydrogen-bond acceptors (Lipinski definition) is 3. The lowest BCUT2D eigenvalue weighted by Gasteiger charge is -2.42. The molecule has 3 heteroatoms. The molecule has 0 bridgehead atoms. The number of nitrogens with zero attached hydrogens (tertiary/aromatic N) is 2. The van der Waals surface area contributed by atoms with Crippen LogP contribution in [0.5, 0.6) is 5.75 Å². The minimum atomic E-state index is -0.590. The number of allylic oxidation sites excluding steroid dienone is 4. The normalized spacial score (nSPS) is 19.1. The van der Waals surface area contributed by atoms with Crippen molar-refractivity contribution in [2.24, 2.45) is 5.92 Å². The number of nitriles is 1. The molecule has 2 aliphatic rings. The average molecular weight is 441 g/mol. The first-order chi connectivity index (χ1) is 16.2. The lowest BCUT2D eigenvalue weighted by Crippen LogP contribution is -2.44. The van der Waals surface area contributed by atoms with Crippen molar-refractivity contribution in [1.29, 1.82) is 5.26 Å². The summed E-state index contributed by atoms with van der Waals surface area (Å²) in [5.41, 5.74) is 4.43. The van der Waals surface area contributed by atoms with E-state index < -0.39 is 5.41 Å². The van der Waals surface area contributed by atoms with Gasteiger partial charge in [0.15, 0.2) is 0 Å². The molecule has 0 aromatic heterocycles. The van der Waals surface area contributed by atoms with Gasteiger partial charge in [0.25, 0.3) is 0 Å². The zero-order chi connectivity index (χ0) is 23.1. The van der Waals surface area contributed by atoms with Gasteiger partial charge in [-0.2, -0.15) is 5.26 Å². The minimum absolute atomic E-state index is 0.311. The predicted molar refractivity (Wildman–Crippen MR) is 135 cm³/mol. The first-order valence-electron chi connectivity index (χ1n) is 12.5. The molecular weight excluding hydrogens is 404 g/mol. The van der Waals surface area contributed by atoms with Crippen molar-refractivity contribution in [3.05, 3.63) is 89.0 Å². The van der Waals surface area contributed by atoms with E-state index in [9.17, 15) is 5.26 Å². The number of piperidine rings is 1. The van der Waals surface area contributed by atoms with Crippen molar-refractivity contribution in [2.75, 3.05) is 26.2 Å². The van der Waals surface area contributed by atoms with Crippen LogP contribution in [0.15, 0.2) is 72.3 Å². The van der Waals surface area contributed by atoms with Crippen molar-refractivity contribution in [2.45, 2.75) is 51.4 Å². The third-order valence-corrected chi connectivity index (χ3v) is 7.38. The summed E-state index contributed by atoms with van der Waals surface area (Å²) in [5, 5.41) is 10.6. The zero-order valence-electron chi connectivity index (χ0n) is 20.1. The van der Waals surface area contributed by atoms with E-state index in [-0.39, 0.29) is 0 Å². The highest BCUT2D eigenvalue weighted by Gasteiger charge is 2.44. The number of fused-ring (bicyclic) bond motifs is 1. The van der Waals surface area contributed by atoms with Crippen molar-refractivity contribution >= 4 is 0 Å². The van der Waals surface area contributed by atoms with E-state index in [1.165, 1.54) is 11.1 Å². The van der Waals surface area contributed by atoms with Gasteiger partial charge in [-0.1, -0.05) is 67.6 Å². The Balaban J connectivity index is 1.47. The maximum Gasteiger partial charge on any atom is 0.122 e. The number of likely N-dealkylation sites (tertiary alicyclic amines) is 1. The van der Waals surface area contributed by atoms with E-state index in [0.29, 0.717) is 5.92 Å². The molecule has 0 spiro atoms. The molecule has 0 saturated carbocycles. The summed E-state index contributed by atoms with van der Waals surface area (Å²) in [6.45, 7) is 8.19. The fraction of sp³-hybridized carbons (Fsp3) is 0.433. The van der Waals surface area contributed by atoms with Gasteiger partial charge in [0, 0.05) is 13.0 Å². The van der Waals surface area contributed by atoms with Crippen molar-refractivity contribution < 1.29 is 4.74 Å². The molecule has 0 N–H and O–H groups in total. The molecule has 4 rings (SSSR count). The van der Waals surface area contributed by atoms with Crippen LogP contribution in [0, 0.1) is 17.2 Å². The van der Waals surface area contributed by atoms with Gasteiger partial charge >= 0.3 is 0 Å². The van der Waals surface area contributed by atoms with Crippen LogP contribution in [0.2, 0.25) is 0 Å². The fourth-order valence-electron chi connectivity index (χ4n) is 5.53. The van der Waals surface area contributed by atoms with Gasteiger partial charge in [-0.3, -0.25) is 0 Å². The number of rotatable bonds is 8. The van der Waals surface area contributed by atoms with Crippen LogP contribution in [0.3, 0.4) is 0 Å². The Bertz CT molecular complexity index is 1030. The minimum Gasteiger partial charge on any atom is -0.493 e. The average Bonchev–Trinajstić information content (AvgIpc) is 3.34. The fourth-order valence-corrected chi connectivity index (χ4v) is 5.53. The first-order valence-corrected chi connectivity index (χ1v) is 12.5. The van der Waals surface area contributed by atoms with Crippen molar-refractivity contribution in [1.82, 2.24) is 4.90 Å². The molecule has 0 amide bonds. The Kier molecular flexibility index (Phi) is 7.68. The molecular formula is C30H36N2O. The highest BCUT2D eigenvalue weighted by molar-refractivity contribution is 5.49. The number of benzene rings is 2. The van der Waals surface area contributed by atoms with Gasteiger partial charge in [0.1, 0.15) is 11.2 Å². The lowest BCUT2D eigenvalue weighted by atomic mass is 9.63. The second kappa shape index (κ2) is 10.9. The molecule has 2 aliphatic heterocycles. The summed E-state index contributed by atoms with van der Waals surface area (Å²) in [6.07, 6.45) is 11.7. The molecule has 2 aromatic rings. The van der Waals surface area contributed by atoms with Crippen LogP contribution < -0.4 is 4.74 Å². The first kappa shape index (κ1) is 23.3. The molecule has 1 atom stereocenters. The Hall–Kier alpha value is -2.83. The van der Waals surface area contributed by atoms with Gasteiger partial charge in [-0.05, 0) is 79.9 Å². The third-order valence-electron chi connectivity index (χ3n) is 7.38. The molecule has 2 aromatic carbocycles. The number of ether oxygens (including phenoxy) is 1. The Morgan fingerprint density at radius 2 is 1.97 bits per heavy atom. The van der Waals surface area contributed by atoms with Crippen LogP contribution in [0.25, 0.3) is 0 Å². The SMILES string of the molecule is C/C=C(\C=C/CC)C(C#N)(c1ccccc1)C1CCN(CCc2ccc3c(c2)CCO3)CC1. The maximum absolute atomic E-state index is 10.6. The van der Waals surface area contributed by atoms with Crippen LogP contribution in [0.1, 0.15) is 49.8 Å². The largest absolute Gasteiger partial charge is 0.493 e.